The van der Waals surface area contributed by atoms with E-state index in [1.807, 2.05) is 0 Å². The Bertz CT molecular complexity index is 1130. The molecule has 4 rings (SSSR count). The molecule has 3 amide bonds. The molecule has 2 aliphatic rings. The molecule has 2 aromatic rings. The smallest absolute Gasteiger partial charge is 0.325 e. The number of nitrogens with one attached hydrogen (secondary N) is 2. The second-order valence-electron chi connectivity index (χ2n) is 8.01. The number of anilines is 2. The molecular formula is C21H19F2N5O5. The van der Waals surface area contributed by atoms with Crippen LogP contribution in [0.1, 0.15) is 36.0 Å². The summed E-state index contributed by atoms with van der Waals surface area (Å²) in [4.78, 5) is 53.0. The number of carbonyl (C=O) groups is 3. The Hall–Kier alpha value is -3.96. The van der Waals surface area contributed by atoms with Gasteiger partial charge in [0, 0.05) is 36.4 Å². The topological polar surface area (TPSA) is 135 Å². The summed E-state index contributed by atoms with van der Waals surface area (Å²) in [6.07, 6.45) is 0.00350. The lowest BCUT2D eigenvalue weighted by Crippen LogP contribution is -2.51. The van der Waals surface area contributed by atoms with Crippen molar-refractivity contribution in [1.29, 1.82) is 0 Å². The van der Waals surface area contributed by atoms with E-state index >= 15 is 0 Å². The van der Waals surface area contributed by atoms with E-state index in [-0.39, 0.29) is 29.9 Å². The number of hydrogen-bond acceptors (Lipinski definition) is 7. The Morgan fingerprint density at radius 2 is 1.82 bits per heavy atom. The van der Waals surface area contributed by atoms with Crippen LogP contribution in [0.2, 0.25) is 0 Å². The monoisotopic (exact) mass is 459 g/mol. The first-order valence-corrected chi connectivity index (χ1v) is 10.1. The fraction of sp³-hybridized carbons (Fsp3) is 0.333. The third-order valence-electron chi connectivity index (χ3n) is 5.84. The molecule has 1 aromatic heterocycles. The first-order valence-electron chi connectivity index (χ1n) is 10.1. The summed E-state index contributed by atoms with van der Waals surface area (Å²) in [5.41, 5.74) is -0.964. The summed E-state index contributed by atoms with van der Waals surface area (Å²) in [5, 5.41) is 16.4. The molecule has 0 bridgehead atoms. The quantitative estimate of drug-likeness (QED) is 0.293. The van der Waals surface area contributed by atoms with E-state index < -0.39 is 53.5 Å². The van der Waals surface area contributed by atoms with Gasteiger partial charge in [-0.15, -0.1) is 0 Å². The predicted octanol–water partition coefficient (Wildman–Crippen LogP) is 3.42. The highest BCUT2D eigenvalue weighted by Gasteiger charge is 2.55. The number of benzene rings is 1. The van der Waals surface area contributed by atoms with E-state index in [1.54, 1.807) is 0 Å². The number of amides is 3. The molecule has 10 nitrogen and oxygen atoms in total. The number of imide groups is 1. The average molecular weight is 459 g/mol. The van der Waals surface area contributed by atoms with Crippen LogP contribution in [0, 0.1) is 10.1 Å². The lowest BCUT2D eigenvalue weighted by atomic mass is 9.80. The molecule has 12 heteroatoms. The molecule has 2 fully saturated rings. The van der Waals surface area contributed by atoms with Gasteiger partial charge in [-0.05, 0) is 43.2 Å². The largest absolute Gasteiger partial charge is 0.334 e. The number of hydrogen-bond donors (Lipinski definition) is 2. The van der Waals surface area contributed by atoms with Gasteiger partial charge >= 0.3 is 11.7 Å². The van der Waals surface area contributed by atoms with Crippen molar-refractivity contribution in [3.05, 3.63) is 58.3 Å². The normalized spacial score (nSPS) is 18.8. The zero-order valence-electron chi connectivity index (χ0n) is 17.2. The van der Waals surface area contributed by atoms with Crippen LogP contribution in [0.3, 0.4) is 0 Å². The molecule has 0 unspecified atom stereocenters. The van der Waals surface area contributed by atoms with Crippen molar-refractivity contribution in [3.63, 3.8) is 0 Å². The molecule has 2 N–H and O–H groups in total. The maximum Gasteiger partial charge on any atom is 0.325 e. The fourth-order valence-electron chi connectivity index (χ4n) is 3.95. The molecule has 1 saturated heterocycles. The van der Waals surface area contributed by atoms with Gasteiger partial charge in [-0.2, -0.15) is 0 Å². The molecule has 1 saturated carbocycles. The van der Waals surface area contributed by atoms with Crippen molar-refractivity contribution in [2.24, 2.45) is 0 Å². The molecule has 2 heterocycles. The SMILES string of the molecule is O=C(CN1C(=O)NC2(CCC(F)(F)CC2)C1=O)c1ccc(Nc2ncccc2[N+](=O)[O-])cc1. The van der Waals surface area contributed by atoms with E-state index in [4.69, 9.17) is 0 Å². The van der Waals surface area contributed by atoms with E-state index in [0.717, 1.165) is 4.90 Å². The molecule has 0 atom stereocenters. The number of Topliss-reactive ketones (excluding diaryl/α,β-unsaturated/α-hetero) is 1. The first-order chi connectivity index (χ1) is 15.6. The van der Waals surface area contributed by atoms with E-state index in [9.17, 15) is 33.3 Å². The maximum absolute atomic E-state index is 13.5. The number of halogens is 2. The Kier molecular flexibility index (Phi) is 5.52. The minimum Gasteiger partial charge on any atom is -0.334 e. The number of nitro groups is 1. The van der Waals surface area contributed by atoms with Crippen LogP contribution in [-0.4, -0.2) is 50.5 Å². The summed E-state index contributed by atoms with van der Waals surface area (Å²) >= 11 is 0. The van der Waals surface area contributed by atoms with Gasteiger partial charge in [0.05, 0.1) is 11.5 Å². The lowest BCUT2D eigenvalue weighted by molar-refractivity contribution is -0.384. The van der Waals surface area contributed by atoms with Crippen molar-refractivity contribution >= 4 is 34.9 Å². The molecule has 172 valence electrons. The molecule has 1 spiro atoms. The number of nitrogens with zero attached hydrogens (tertiary/aromatic N) is 3. The summed E-state index contributed by atoms with van der Waals surface area (Å²) < 4.78 is 27.0. The van der Waals surface area contributed by atoms with Crippen LogP contribution in [0.25, 0.3) is 0 Å². The van der Waals surface area contributed by atoms with Crippen LogP contribution >= 0.6 is 0 Å². The van der Waals surface area contributed by atoms with E-state index in [0.29, 0.717) is 5.69 Å². The number of rotatable bonds is 6. The average Bonchev–Trinajstić information content (AvgIpc) is 3.01. The zero-order valence-corrected chi connectivity index (χ0v) is 17.2. The van der Waals surface area contributed by atoms with Crippen LogP contribution in [-0.2, 0) is 4.79 Å². The number of aromatic nitrogens is 1. The summed E-state index contributed by atoms with van der Waals surface area (Å²) in [6, 6.07) is 7.84. The maximum atomic E-state index is 13.5. The third kappa shape index (κ3) is 4.36. The Morgan fingerprint density at radius 1 is 1.15 bits per heavy atom. The highest BCUT2D eigenvalue weighted by molar-refractivity contribution is 6.11. The number of alkyl halides is 2. The summed E-state index contributed by atoms with van der Waals surface area (Å²) in [6.45, 7) is -0.526. The van der Waals surface area contributed by atoms with Crippen molar-refractivity contribution < 1.29 is 28.1 Å². The van der Waals surface area contributed by atoms with Gasteiger partial charge in [0.25, 0.3) is 5.91 Å². The molecule has 1 aliphatic heterocycles. The molecule has 1 aromatic carbocycles. The zero-order chi connectivity index (χ0) is 23.8. The highest BCUT2D eigenvalue weighted by Crippen LogP contribution is 2.41. The fourth-order valence-corrected chi connectivity index (χ4v) is 3.95. The molecular weight excluding hydrogens is 440 g/mol. The Morgan fingerprint density at radius 3 is 2.45 bits per heavy atom. The second kappa shape index (κ2) is 8.19. The van der Waals surface area contributed by atoms with Crippen molar-refractivity contribution in [2.45, 2.75) is 37.1 Å². The Balaban J connectivity index is 1.43. The number of carbonyl (C=O) groups excluding carboxylic acids is 3. The van der Waals surface area contributed by atoms with Gasteiger partial charge in [0.2, 0.25) is 11.7 Å². The summed E-state index contributed by atoms with van der Waals surface area (Å²) in [5.74, 6) is -4.03. The van der Waals surface area contributed by atoms with Gasteiger partial charge in [0.1, 0.15) is 5.54 Å². The van der Waals surface area contributed by atoms with Crippen molar-refractivity contribution in [2.75, 3.05) is 11.9 Å². The lowest BCUT2D eigenvalue weighted by Gasteiger charge is -2.34. The second-order valence-corrected chi connectivity index (χ2v) is 8.01. The molecule has 33 heavy (non-hydrogen) atoms. The van der Waals surface area contributed by atoms with Gasteiger partial charge in [-0.25, -0.2) is 18.6 Å². The van der Waals surface area contributed by atoms with Crippen LogP contribution in [0.5, 0.6) is 0 Å². The predicted molar refractivity (Wildman–Crippen MR) is 111 cm³/mol. The van der Waals surface area contributed by atoms with E-state index in [2.05, 4.69) is 15.6 Å². The molecule has 0 radical (unpaired) electrons. The third-order valence-corrected chi connectivity index (χ3v) is 5.84. The van der Waals surface area contributed by atoms with Gasteiger partial charge in [0.15, 0.2) is 5.78 Å². The van der Waals surface area contributed by atoms with Crippen molar-refractivity contribution in [1.82, 2.24) is 15.2 Å². The van der Waals surface area contributed by atoms with Gasteiger partial charge in [-0.3, -0.25) is 24.6 Å². The van der Waals surface area contributed by atoms with Gasteiger partial charge < -0.3 is 10.6 Å². The van der Waals surface area contributed by atoms with Gasteiger partial charge in [-0.1, -0.05) is 0 Å². The Labute approximate surface area is 186 Å². The van der Waals surface area contributed by atoms with Crippen LogP contribution < -0.4 is 10.6 Å². The van der Waals surface area contributed by atoms with Crippen LogP contribution in [0.15, 0.2) is 42.6 Å². The standard InChI is InChI=1S/C21H19F2N5O5/c22-21(23)9-7-20(8-10-21)18(30)27(19(31)26-20)12-16(29)13-3-5-14(6-4-13)25-17-15(28(32)33)2-1-11-24-17/h1-6,11H,7-10,12H2,(H,24,25)(H,26,31). The van der Waals surface area contributed by atoms with Crippen molar-refractivity contribution in [3.8, 4) is 0 Å². The van der Waals surface area contributed by atoms with E-state index in [1.165, 1.54) is 42.6 Å². The number of urea groups is 1. The highest BCUT2D eigenvalue weighted by atomic mass is 19.3. The minimum atomic E-state index is -2.87. The number of ketones is 1. The number of pyridine rings is 1. The first kappa shape index (κ1) is 22.2. The minimum absolute atomic E-state index is 0.0317. The summed E-state index contributed by atoms with van der Waals surface area (Å²) in [7, 11) is 0. The van der Waals surface area contributed by atoms with Crippen LogP contribution in [0.4, 0.5) is 30.8 Å². The molecule has 1 aliphatic carbocycles.